The zero-order valence-electron chi connectivity index (χ0n) is 12.6. The fourth-order valence-corrected chi connectivity index (χ4v) is 2.36. The van der Waals surface area contributed by atoms with Crippen molar-refractivity contribution in [1.82, 2.24) is 14.8 Å². The number of amides is 1. The third-order valence-corrected chi connectivity index (χ3v) is 3.51. The Balaban J connectivity index is 2.02. The molecule has 1 aromatic rings. The van der Waals surface area contributed by atoms with E-state index < -0.39 is 0 Å². The zero-order chi connectivity index (χ0) is 14.5. The molecule has 1 aliphatic heterocycles. The molecule has 0 spiro atoms. The van der Waals surface area contributed by atoms with Crippen LogP contribution in [0.1, 0.15) is 31.3 Å². The Labute approximate surface area is 121 Å². The summed E-state index contributed by atoms with van der Waals surface area (Å²) in [6.07, 6.45) is 0. The highest BCUT2D eigenvalue weighted by molar-refractivity contribution is 5.92. The molecule has 1 saturated heterocycles. The van der Waals surface area contributed by atoms with Crippen LogP contribution in [0.2, 0.25) is 0 Å². The van der Waals surface area contributed by atoms with E-state index in [1.54, 1.807) is 6.07 Å². The minimum absolute atomic E-state index is 0.0353. The topological polar surface area (TPSA) is 48.5 Å². The summed E-state index contributed by atoms with van der Waals surface area (Å²) < 4.78 is 0. The van der Waals surface area contributed by atoms with Crippen molar-refractivity contribution in [3.05, 3.63) is 23.9 Å². The number of piperazine rings is 1. The first-order valence-electron chi connectivity index (χ1n) is 7.35. The first kappa shape index (κ1) is 14.8. The molecule has 1 fully saturated rings. The molecule has 5 heteroatoms. The van der Waals surface area contributed by atoms with Crippen LogP contribution in [0, 0.1) is 0 Å². The van der Waals surface area contributed by atoms with E-state index in [2.05, 4.69) is 36.0 Å². The van der Waals surface area contributed by atoms with E-state index in [1.807, 2.05) is 17.0 Å². The van der Waals surface area contributed by atoms with Gasteiger partial charge in [0.05, 0.1) is 0 Å². The van der Waals surface area contributed by atoms with Crippen LogP contribution in [0.4, 0.5) is 5.82 Å². The second kappa shape index (κ2) is 6.70. The average Bonchev–Trinajstić information content (AvgIpc) is 2.46. The molecule has 2 rings (SSSR count). The van der Waals surface area contributed by atoms with Gasteiger partial charge in [-0.15, -0.1) is 0 Å². The molecule has 1 N–H and O–H groups in total. The maximum atomic E-state index is 12.4. The minimum atomic E-state index is 0.0353. The van der Waals surface area contributed by atoms with Crippen molar-refractivity contribution in [1.29, 1.82) is 0 Å². The third-order valence-electron chi connectivity index (χ3n) is 3.51. The first-order chi connectivity index (χ1) is 9.60. The first-order valence-corrected chi connectivity index (χ1v) is 7.35. The average molecular weight is 276 g/mol. The Morgan fingerprint density at radius 3 is 2.60 bits per heavy atom. The number of likely N-dealkylation sites (N-methyl/N-ethyl adjacent to an activating group) is 1. The van der Waals surface area contributed by atoms with E-state index in [4.69, 9.17) is 0 Å². The van der Waals surface area contributed by atoms with Crippen LogP contribution in [-0.2, 0) is 0 Å². The van der Waals surface area contributed by atoms with E-state index in [1.165, 1.54) is 0 Å². The van der Waals surface area contributed by atoms with Crippen LogP contribution < -0.4 is 5.32 Å². The maximum absolute atomic E-state index is 12.4. The van der Waals surface area contributed by atoms with Crippen LogP contribution >= 0.6 is 0 Å². The summed E-state index contributed by atoms with van der Waals surface area (Å²) in [4.78, 5) is 21.1. The predicted octanol–water partition coefficient (Wildman–Crippen LogP) is 1.68. The monoisotopic (exact) mass is 276 g/mol. The van der Waals surface area contributed by atoms with Crippen LogP contribution in [0.15, 0.2) is 18.2 Å². The lowest BCUT2D eigenvalue weighted by molar-refractivity contribution is 0.0637. The van der Waals surface area contributed by atoms with Gasteiger partial charge >= 0.3 is 0 Å². The highest BCUT2D eigenvalue weighted by atomic mass is 16.2. The molecule has 5 nitrogen and oxygen atoms in total. The summed E-state index contributed by atoms with van der Waals surface area (Å²) in [7, 11) is 0. The van der Waals surface area contributed by atoms with Crippen molar-refractivity contribution in [3.8, 4) is 0 Å². The predicted molar refractivity (Wildman–Crippen MR) is 81.0 cm³/mol. The molecule has 110 valence electrons. The van der Waals surface area contributed by atoms with E-state index in [9.17, 15) is 4.79 Å². The van der Waals surface area contributed by atoms with Crippen molar-refractivity contribution in [2.45, 2.75) is 26.8 Å². The van der Waals surface area contributed by atoms with Crippen LogP contribution in [0.3, 0.4) is 0 Å². The summed E-state index contributed by atoms with van der Waals surface area (Å²) in [5.74, 6) is 0.797. The van der Waals surface area contributed by atoms with Gasteiger partial charge in [0, 0.05) is 32.2 Å². The number of carbonyl (C=O) groups is 1. The summed E-state index contributed by atoms with van der Waals surface area (Å²) in [6, 6.07) is 5.87. The lowest BCUT2D eigenvalue weighted by Crippen LogP contribution is -2.48. The zero-order valence-corrected chi connectivity index (χ0v) is 12.6. The van der Waals surface area contributed by atoms with Gasteiger partial charge in [-0.05, 0) is 32.5 Å². The Morgan fingerprint density at radius 2 is 2.00 bits per heavy atom. The van der Waals surface area contributed by atoms with Crippen LogP contribution in [0.5, 0.6) is 0 Å². The minimum Gasteiger partial charge on any atom is -0.368 e. The van der Waals surface area contributed by atoms with Gasteiger partial charge in [-0.2, -0.15) is 0 Å². The highest BCUT2D eigenvalue weighted by Crippen LogP contribution is 2.10. The van der Waals surface area contributed by atoms with Gasteiger partial charge in [0.2, 0.25) is 0 Å². The molecule has 1 aromatic heterocycles. The molecule has 0 aromatic carbocycles. The highest BCUT2D eigenvalue weighted by Gasteiger charge is 2.22. The Hall–Kier alpha value is -1.62. The number of hydrogen-bond acceptors (Lipinski definition) is 4. The van der Waals surface area contributed by atoms with Crippen molar-refractivity contribution in [2.75, 3.05) is 38.0 Å². The Morgan fingerprint density at radius 1 is 1.30 bits per heavy atom. The molecule has 0 saturated carbocycles. The van der Waals surface area contributed by atoms with E-state index in [0.717, 1.165) is 38.5 Å². The molecule has 1 aliphatic rings. The molecule has 1 amide bonds. The number of aromatic nitrogens is 1. The number of nitrogens with one attached hydrogen (secondary N) is 1. The van der Waals surface area contributed by atoms with Gasteiger partial charge in [0.1, 0.15) is 11.5 Å². The summed E-state index contributed by atoms with van der Waals surface area (Å²) in [5.41, 5.74) is 0.528. The fraction of sp³-hybridized carbons (Fsp3) is 0.600. The second-order valence-electron chi connectivity index (χ2n) is 5.43. The molecular weight excluding hydrogens is 252 g/mol. The molecule has 0 unspecified atom stereocenters. The largest absolute Gasteiger partial charge is 0.368 e. The molecule has 2 heterocycles. The molecule has 0 radical (unpaired) electrons. The van der Waals surface area contributed by atoms with Gasteiger partial charge in [-0.3, -0.25) is 4.79 Å². The van der Waals surface area contributed by atoms with Crippen LogP contribution in [0.25, 0.3) is 0 Å². The SMILES string of the molecule is CCN1CCN(C(=O)c2cccc(NC(C)C)n2)CC1. The number of hydrogen-bond donors (Lipinski definition) is 1. The molecule has 0 aliphatic carbocycles. The molecule has 0 bridgehead atoms. The van der Waals surface area contributed by atoms with Crippen molar-refractivity contribution >= 4 is 11.7 Å². The van der Waals surface area contributed by atoms with Crippen LogP contribution in [-0.4, -0.2) is 59.5 Å². The molecular formula is C15H24N4O. The summed E-state index contributed by atoms with van der Waals surface area (Å²) in [6.45, 7) is 10.8. The lowest BCUT2D eigenvalue weighted by Gasteiger charge is -2.33. The molecule has 20 heavy (non-hydrogen) atoms. The van der Waals surface area contributed by atoms with Gasteiger partial charge < -0.3 is 15.1 Å². The fourth-order valence-electron chi connectivity index (χ4n) is 2.36. The van der Waals surface area contributed by atoms with Crippen molar-refractivity contribution in [3.63, 3.8) is 0 Å². The van der Waals surface area contributed by atoms with E-state index in [0.29, 0.717) is 11.7 Å². The lowest BCUT2D eigenvalue weighted by atomic mass is 10.2. The third kappa shape index (κ3) is 3.70. The van der Waals surface area contributed by atoms with E-state index >= 15 is 0 Å². The smallest absolute Gasteiger partial charge is 0.272 e. The standard InChI is InChI=1S/C15H24N4O/c1-4-18-8-10-19(11-9-18)15(20)13-6-5-7-14(17-13)16-12(2)3/h5-7,12H,4,8-11H2,1-3H3,(H,16,17). The number of pyridine rings is 1. The van der Waals surface area contributed by atoms with Gasteiger partial charge in [0.25, 0.3) is 5.91 Å². The Bertz CT molecular complexity index is 453. The number of anilines is 1. The summed E-state index contributed by atoms with van der Waals surface area (Å²) >= 11 is 0. The number of carbonyl (C=O) groups excluding carboxylic acids is 1. The van der Waals surface area contributed by atoms with E-state index in [-0.39, 0.29) is 5.91 Å². The maximum Gasteiger partial charge on any atom is 0.272 e. The second-order valence-corrected chi connectivity index (χ2v) is 5.43. The normalized spacial score (nSPS) is 16.5. The summed E-state index contributed by atoms with van der Waals surface area (Å²) in [5, 5.41) is 3.23. The molecule has 0 atom stereocenters. The van der Waals surface area contributed by atoms with Gasteiger partial charge in [-0.25, -0.2) is 4.98 Å². The number of nitrogens with zero attached hydrogens (tertiary/aromatic N) is 3. The quantitative estimate of drug-likeness (QED) is 0.909. The number of rotatable bonds is 4. The van der Waals surface area contributed by atoms with Crippen molar-refractivity contribution < 1.29 is 4.79 Å². The van der Waals surface area contributed by atoms with Gasteiger partial charge in [0.15, 0.2) is 0 Å². The van der Waals surface area contributed by atoms with Gasteiger partial charge in [-0.1, -0.05) is 13.0 Å². The van der Waals surface area contributed by atoms with Crippen molar-refractivity contribution in [2.24, 2.45) is 0 Å². The Kier molecular flexibility index (Phi) is 4.95.